The molecular weight excluding hydrogens is 416 g/mol. The Labute approximate surface area is 183 Å². The van der Waals surface area contributed by atoms with Crippen LogP contribution in [0.5, 0.6) is 0 Å². The van der Waals surface area contributed by atoms with Gasteiger partial charge in [-0.3, -0.25) is 4.79 Å². The third-order valence-electron chi connectivity index (χ3n) is 5.30. The summed E-state index contributed by atoms with van der Waals surface area (Å²) in [5.74, 6) is -1.08. The molecule has 31 heavy (non-hydrogen) atoms. The minimum Gasteiger partial charge on any atom is -0.449 e. The summed E-state index contributed by atoms with van der Waals surface area (Å²) >= 11 is 0. The molecule has 0 saturated carbocycles. The number of anilines is 1. The van der Waals surface area contributed by atoms with Crippen LogP contribution in [0.25, 0.3) is 0 Å². The Morgan fingerprint density at radius 1 is 1.03 bits per heavy atom. The van der Waals surface area contributed by atoms with Crippen LogP contribution in [0.3, 0.4) is 0 Å². The molecule has 1 fully saturated rings. The first kappa shape index (κ1) is 23.0. The minimum absolute atomic E-state index is 0.0577. The number of ether oxygens (including phenoxy) is 1. The van der Waals surface area contributed by atoms with Gasteiger partial charge in [0.15, 0.2) is 6.10 Å². The van der Waals surface area contributed by atoms with Crippen LogP contribution in [0, 0.1) is 0 Å². The van der Waals surface area contributed by atoms with Gasteiger partial charge < -0.3 is 9.64 Å². The lowest BCUT2D eigenvalue weighted by Crippen LogP contribution is -2.40. The van der Waals surface area contributed by atoms with Crippen molar-refractivity contribution in [3.05, 3.63) is 60.2 Å². The van der Waals surface area contributed by atoms with Crippen molar-refractivity contribution >= 4 is 27.6 Å². The molecule has 0 N–H and O–H groups in total. The molecule has 1 atom stereocenters. The van der Waals surface area contributed by atoms with Crippen LogP contribution in [0.4, 0.5) is 5.69 Å². The highest BCUT2D eigenvalue weighted by molar-refractivity contribution is 7.89. The van der Waals surface area contributed by atoms with E-state index in [0.29, 0.717) is 25.3 Å². The molecule has 1 amide bonds. The van der Waals surface area contributed by atoms with Gasteiger partial charge in [-0.25, -0.2) is 13.2 Å². The molecule has 1 aliphatic rings. The quantitative estimate of drug-likeness (QED) is 0.611. The molecule has 0 aromatic heterocycles. The molecule has 7 nitrogen and oxygen atoms in total. The molecule has 2 aromatic rings. The maximum absolute atomic E-state index is 12.9. The number of sulfonamides is 1. The van der Waals surface area contributed by atoms with Crippen molar-refractivity contribution in [1.82, 2.24) is 4.31 Å². The van der Waals surface area contributed by atoms with Gasteiger partial charge in [0.25, 0.3) is 5.91 Å². The molecule has 2 aromatic carbocycles. The SMILES string of the molecule is CCN(C(=O)[C@H](C)OC(=O)c1cccc(S(=O)(=O)N2CCCCC2)c1)c1ccccc1. The molecule has 166 valence electrons. The monoisotopic (exact) mass is 444 g/mol. The van der Waals surface area contributed by atoms with Gasteiger partial charge in [0.1, 0.15) is 0 Å². The Hall–Kier alpha value is -2.71. The van der Waals surface area contributed by atoms with Gasteiger partial charge >= 0.3 is 5.97 Å². The Bertz CT molecular complexity index is 1020. The number of carbonyl (C=O) groups is 2. The van der Waals surface area contributed by atoms with E-state index in [2.05, 4.69) is 0 Å². The topological polar surface area (TPSA) is 84.0 Å². The first-order valence-corrected chi connectivity index (χ1v) is 12.0. The summed E-state index contributed by atoms with van der Waals surface area (Å²) in [6.45, 7) is 4.74. The average molecular weight is 445 g/mol. The zero-order chi connectivity index (χ0) is 22.4. The van der Waals surface area contributed by atoms with E-state index in [-0.39, 0.29) is 16.4 Å². The summed E-state index contributed by atoms with van der Waals surface area (Å²) < 4.78 is 32.6. The fourth-order valence-electron chi connectivity index (χ4n) is 3.61. The van der Waals surface area contributed by atoms with Crippen LogP contribution in [0.2, 0.25) is 0 Å². The number of benzene rings is 2. The molecule has 8 heteroatoms. The third-order valence-corrected chi connectivity index (χ3v) is 7.20. The summed E-state index contributed by atoms with van der Waals surface area (Å²) in [4.78, 5) is 27.1. The highest BCUT2D eigenvalue weighted by Crippen LogP contribution is 2.22. The summed E-state index contributed by atoms with van der Waals surface area (Å²) in [7, 11) is -3.67. The van der Waals surface area contributed by atoms with Gasteiger partial charge in [0, 0.05) is 25.3 Å². The fraction of sp³-hybridized carbons (Fsp3) is 0.391. The van der Waals surface area contributed by atoms with Crippen LogP contribution < -0.4 is 4.90 Å². The van der Waals surface area contributed by atoms with Gasteiger partial charge in [-0.2, -0.15) is 4.31 Å². The van der Waals surface area contributed by atoms with Crippen molar-refractivity contribution in [1.29, 1.82) is 0 Å². The number of carbonyl (C=O) groups excluding carboxylic acids is 2. The van der Waals surface area contributed by atoms with E-state index in [0.717, 1.165) is 19.3 Å². The maximum Gasteiger partial charge on any atom is 0.338 e. The zero-order valence-electron chi connectivity index (χ0n) is 17.9. The van der Waals surface area contributed by atoms with Gasteiger partial charge in [-0.15, -0.1) is 0 Å². The van der Waals surface area contributed by atoms with Gasteiger partial charge in [0.2, 0.25) is 10.0 Å². The smallest absolute Gasteiger partial charge is 0.338 e. The van der Waals surface area contributed by atoms with Crippen molar-refractivity contribution < 1.29 is 22.7 Å². The Balaban J connectivity index is 1.73. The second-order valence-corrected chi connectivity index (χ2v) is 9.40. The third kappa shape index (κ3) is 5.32. The number of hydrogen-bond acceptors (Lipinski definition) is 5. The van der Waals surface area contributed by atoms with Crippen molar-refractivity contribution in [2.45, 2.75) is 44.1 Å². The summed E-state index contributed by atoms with van der Waals surface area (Å²) in [6, 6.07) is 14.9. The van der Waals surface area contributed by atoms with E-state index in [1.165, 1.54) is 40.4 Å². The maximum atomic E-state index is 12.9. The van der Waals surface area contributed by atoms with Gasteiger partial charge in [-0.05, 0) is 57.0 Å². The Kier molecular flexibility index (Phi) is 7.46. The predicted molar refractivity (Wildman–Crippen MR) is 118 cm³/mol. The lowest BCUT2D eigenvalue weighted by Gasteiger charge is -2.26. The second kappa shape index (κ2) is 10.1. The first-order valence-electron chi connectivity index (χ1n) is 10.5. The van der Waals surface area contributed by atoms with Crippen molar-refractivity contribution in [3.8, 4) is 0 Å². The summed E-state index contributed by atoms with van der Waals surface area (Å²) in [5.41, 5.74) is 0.813. The van der Waals surface area contributed by atoms with Crippen molar-refractivity contribution in [2.24, 2.45) is 0 Å². The largest absolute Gasteiger partial charge is 0.449 e. The van der Waals surface area contributed by atoms with Crippen LogP contribution in [-0.2, 0) is 19.6 Å². The molecule has 0 aliphatic carbocycles. The van der Waals surface area contributed by atoms with Crippen LogP contribution in [0.15, 0.2) is 59.5 Å². The molecule has 0 unspecified atom stereocenters. The number of para-hydroxylation sites is 1. The molecule has 1 saturated heterocycles. The number of amides is 1. The summed E-state index contributed by atoms with van der Waals surface area (Å²) in [5, 5.41) is 0. The number of esters is 1. The van der Waals surface area contributed by atoms with E-state index in [9.17, 15) is 18.0 Å². The van der Waals surface area contributed by atoms with E-state index >= 15 is 0 Å². The highest BCUT2D eigenvalue weighted by atomic mass is 32.2. The van der Waals surface area contributed by atoms with E-state index in [1.54, 1.807) is 0 Å². The number of nitrogens with zero attached hydrogens (tertiary/aromatic N) is 2. The van der Waals surface area contributed by atoms with E-state index < -0.39 is 22.1 Å². The molecule has 0 bridgehead atoms. The lowest BCUT2D eigenvalue weighted by atomic mass is 10.2. The molecule has 3 rings (SSSR count). The van der Waals surface area contributed by atoms with Crippen LogP contribution in [-0.4, -0.2) is 50.3 Å². The van der Waals surface area contributed by atoms with E-state index in [4.69, 9.17) is 4.74 Å². The second-order valence-electron chi connectivity index (χ2n) is 7.46. The lowest BCUT2D eigenvalue weighted by molar-refractivity contribution is -0.126. The number of piperidine rings is 1. The molecule has 1 heterocycles. The average Bonchev–Trinajstić information content (AvgIpc) is 2.80. The highest BCUT2D eigenvalue weighted by Gasteiger charge is 2.28. The number of hydrogen-bond donors (Lipinski definition) is 0. The Morgan fingerprint density at radius 3 is 2.35 bits per heavy atom. The molecule has 0 radical (unpaired) electrons. The fourth-order valence-corrected chi connectivity index (χ4v) is 5.17. The van der Waals surface area contributed by atoms with Gasteiger partial charge in [0.05, 0.1) is 10.5 Å². The minimum atomic E-state index is -3.67. The van der Waals surface area contributed by atoms with Gasteiger partial charge in [-0.1, -0.05) is 30.7 Å². The van der Waals surface area contributed by atoms with Crippen molar-refractivity contribution in [3.63, 3.8) is 0 Å². The number of rotatable bonds is 7. The predicted octanol–water partition coefficient (Wildman–Crippen LogP) is 3.46. The molecular formula is C23H28N2O5S. The zero-order valence-corrected chi connectivity index (χ0v) is 18.7. The standard InChI is InChI=1S/C23H28N2O5S/c1-3-25(20-12-6-4-7-13-20)22(26)18(2)30-23(27)19-11-10-14-21(17-19)31(28,29)24-15-8-5-9-16-24/h4,6-7,10-14,17-18H,3,5,8-9,15-16H2,1-2H3/t18-/m0/s1. The van der Waals surface area contributed by atoms with Crippen LogP contribution >= 0.6 is 0 Å². The molecule has 0 spiro atoms. The van der Waals surface area contributed by atoms with Crippen LogP contribution in [0.1, 0.15) is 43.5 Å². The normalized spacial score (nSPS) is 15.8. The molecule has 1 aliphatic heterocycles. The summed E-state index contributed by atoms with van der Waals surface area (Å²) in [6.07, 6.45) is 1.66. The number of likely N-dealkylation sites (N-methyl/N-ethyl adjacent to an activating group) is 1. The Morgan fingerprint density at radius 2 is 1.71 bits per heavy atom. The first-order chi connectivity index (χ1) is 14.8. The van der Waals surface area contributed by atoms with E-state index in [1.807, 2.05) is 37.3 Å². The van der Waals surface area contributed by atoms with Crippen molar-refractivity contribution in [2.75, 3.05) is 24.5 Å².